The lowest BCUT2D eigenvalue weighted by Crippen LogP contribution is -2.41. The number of hydrogen-bond donors (Lipinski definition) is 2. The molecule has 0 unspecified atom stereocenters. The number of carbonyl (C=O) groups is 3. The molecule has 3 aromatic rings. The Hall–Kier alpha value is -4.13. The number of nitrogens with zero attached hydrogens (tertiary/aromatic N) is 1. The minimum Gasteiger partial charge on any atom is -0.484 e. The van der Waals surface area contributed by atoms with Gasteiger partial charge in [-0.05, 0) is 42.8 Å². The molecule has 0 saturated heterocycles. The van der Waals surface area contributed by atoms with Crippen molar-refractivity contribution < 1.29 is 19.1 Å². The highest BCUT2D eigenvalue weighted by molar-refractivity contribution is 6.04. The number of benzene rings is 3. The first-order valence-corrected chi connectivity index (χ1v) is 10.8. The zero-order valence-corrected chi connectivity index (χ0v) is 18.3. The van der Waals surface area contributed by atoms with Crippen molar-refractivity contribution >= 4 is 29.1 Å². The van der Waals surface area contributed by atoms with Crippen LogP contribution in [-0.4, -0.2) is 30.4 Å². The Morgan fingerprint density at radius 3 is 2.61 bits per heavy atom. The van der Waals surface area contributed by atoms with Crippen molar-refractivity contribution in [2.75, 3.05) is 16.8 Å². The van der Waals surface area contributed by atoms with Crippen LogP contribution in [0.3, 0.4) is 0 Å². The largest absolute Gasteiger partial charge is 0.484 e. The smallest absolute Gasteiger partial charge is 0.265 e. The standard InChI is InChI=1S/C26H25N3O4/c1-18-14-24(30)28-22-12-5-6-13-23(22)29(18)25(31)17-33-21-11-7-10-20(15-21)26(32)27-16-19-8-3-2-4-9-19/h2-13,15,18H,14,16-17H2,1H3,(H,27,32)(H,28,30)/t18-/m0/s1. The highest BCUT2D eigenvalue weighted by atomic mass is 16.5. The molecule has 3 aromatic carbocycles. The van der Waals surface area contributed by atoms with Crippen LogP contribution in [0.25, 0.3) is 0 Å². The van der Waals surface area contributed by atoms with Crippen LogP contribution in [0, 0.1) is 0 Å². The van der Waals surface area contributed by atoms with Gasteiger partial charge in [0.05, 0.1) is 11.4 Å². The lowest BCUT2D eigenvalue weighted by atomic mass is 10.1. The predicted octanol–water partition coefficient (Wildman–Crippen LogP) is 3.76. The number of amides is 3. The summed E-state index contributed by atoms with van der Waals surface area (Å²) >= 11 is 0. The monoisotopic (exact) mass is 443 g/mol. The summed E-state index contributed by atoms with van der Waals surface area (Å²) in [6, 6.07) is 23.2. The molecular formula is C26H25N3O4. The molecule has 33 heavy (non-hydrogen) atoms. The van der Waals surface area contributed by atoms with Gasteiger partial charge in [0.25, 0.3) is 11.8 Å². The van der Waals surface area contributed by atoms with E-state index in [1.807, 2.05) is 49.4 Å². The van der Waals surface area contributed by atoms with Gasteiger partial charge in [0.1, 0.15) is 5.75 Å². The maximum Gasteiger partial charge on any atom is 0.265 e. The second-order valence-corrected chi connectivity index (χ2v) is 7.87. The highest BCUT2D eigenvalue weighted by Crippen LogP contribution is 2.31. The molecule has 0 saturated carbocycles. The number of fused-ring (bicyclic) bond motifs is 1. The van der Waals surface area contributed by atoms with Crippen LogP contribution in [0.2, 0.25) is 0 Å². The molecule has 1 aliphatic rings. The Morgan fingerprint density at radius 2 is 1.79 bits per heavy atom. The van der Waals surface area contributed by atoms with Gasteiger partial charge < -0.3 is 20.3 Å². The molecule has 0 aromatic heterocycles. The van der Waals surface area contributed by atoms with E-state index in [0.29, 0.717) is 29.2 Å². The molecule has 2 N–H and O–H groups in total. The summed E-state index contributed by atoms with van der Waals surface area (Å²) in [6.07, 6.45) is 0.192. The van der Waals surface area contributed by atoms with Crippen LogP contribution in [0.4, 0.5) is 11.4 Å². The first-order valence-electron chi connectivity index (χ1n) is 10.8. The molecule has 0 radical (unpaired) electrons. The first kappa shape index (κ1) is 22.1. The van der Waals surface area contributed by atoms with Crippen molar-refractivity contribution in [3.05, 3.63) is 90.0 Å². The molecule has 7 heteroatoms. The van der Waals surface area contributed by atoms with Gasteiger partial charge in [-0.1, -0.05) is 48.5 Å². The van der Waals surface area contributed by atoms with Crippen molar-refractivity contribution in [1.82, 2.24) is 5.32 Å². The second-order valence-electron chi connectivity index (χ2n) is 7.87. The Morgan fingerprint density at radius 1 is 1.03 bits per heavy atom. The SMILES string of the molecule is C[C@H]1CC(=O)Nc2ccccc2N1C(=O)COc1cccc(C(=O)NCc2ccccc2)c1. The molecule has 0 spiro atoms. The maximum atomic E-state index is 13.1. The molecule has 0 bridgehead atoms. The summed E-state index contributed by atoms with van der Waals surface area (Å²) in [5.41, 5.74) is 2.68. The number of rotatable bonds is 6. The van der Waals surface area contributed by atoms with E-state index in [2.05, 4.69) is 10.6 Å². The number of carbonyl (C=O) groups excluding carboxylic acids is 3. The van der Waals surface area contributed by atoms with E-state index in [1.54, 1.807) is 41.3 Å². The van der Waals surface area contributed by atoms with E-state index in [-0.39, 0.29) is 36.8 Å². The van der Waals surface area contributed by atoms with Gasteiger partial charge in [-0.2, -0.15) is 0 Å². The summed E-state index contributed by atoms with van der Waals surface area (Å²) in [6.45, 7) is 2.03. The summed E-state index contributed by atoms with van der Waals surface area (Å²) in [4.78, 5) is 39.3. The molecule has 0 aliphatic carbocycles. The third kappa shape index (κ3) is 5.38. The quantitative estimate of drug-likeness (QED) is 0.607. The van der Waals surface area contributed by atoms with Gasteiger partial charge in [-0.3, -0.25) is 14.4 Å². The third-order valence-electron chi connectivity index (χ3n) is 5.38. The van der Waals surface area contributed by atoms with Crippen LogP contribution in [0.5, 0.6) is 5.75 Å². The van der Waals surface area contributed by atoms with Crippen LogP contribution in [-0.2, 0) is 16.1 Å². The van der Waals surface area contributed by atoms with Crippen LogP contribution >= 0.6 is 0 Å². The normalized spacial score (nSPS) is 15.1. The lowest BCUT2D eigenvalue weighted by molar-refractivity contribution is -0.121. The van der Waals surface area contributed by atoms with E-state index in [0.717, 1.165) is 5.56 Å². The van der Waals surface area contributed by atoms with E-state index < -0.39 is 0 Å². The second kappa shape index (κ2) is 9.99. The minimum atomic E-state index is -0.320. The molecule has 1 heterocycles. The maximum absolute atomic E-state index is 13.1. The van der Waals surface area contributed by atoms with Crippen molar-refractivity contribution in [1.29, 1.82) is 0 Å². The van der Waals surface area contributed by atoms with Gasteiger partial charge in [-0.25, -0.2) is 0 Å². The zero-order valence-electron chi connectivity index (χ0n) is 18.3. The highest BCUT2D eigenvalue weighted by Gasteiger charge is 2.29. The average Bonchev–Trinajstić information content (AvgIpc) is 2.96. The van der Waals surface area contributed by atoms with Crippen molar-refractivity contribution in [3.63, 3.8) is 0 Å². The van der Waals surface area contributed by atoms with E-state index in [4.69, 9.17) is 4.74 Å². The van der Waals surface area contributed by atoms with Crippen LogP contribution in [0.1, 0.15) is 29.3 Å². The van der Waals surface area contributed by atoms with Crippen molar-refractivity contribution in [2.24, 2.45) is 0 Å². The van der Waals surface area contributed by atoms with Crippen molar-refractivity contribution in [2.45, 2.75) is 25.9 Å². The Labute approximate surface area is 192 Å². The van der Waals surface area contributed by atoms with Gasteiger partial charge in [0.15, 0.2) is 6.61 Å². The zero-order chi connectivity index (χ0) is 23.2. The molecule has 0 fully saturated rings. The molecule has 1 atom stereocenters. The fourth-order valence-corrected chi connectivity index (χ4v) is 3.79. The van der Waals surface area contributed by atoms with Crippen LogP contribution < -0.4 is 20.3 Å². The van der Waals surface area contributed by atoms with Gasteiger partial charge in [0.2, 0.25) is 5.91 Å². The van der Waals surface area contributed by atoms with Crippen LogP contribution in [0.15, 0.2) is 78.9 Å². The minimum absolute atomic E-state index is 0.139. The van der Waals surface area contributed by atoms with Crippen molar-refractivity contribution in [3.8, 4) is 5.75 Å². The molecule has 168 valence electrons. The van der Waals surface area contributed by atoms with Gasteiger partial charge in [0, 0.05) is 24.6 Å². The fraction of sp³-hybridized carbons (Fsp3) is 0.192. The Kier molecular flexibility index (Phi) is 6.69. The van der Waals surface area contributed by atoms with E-state index in [9.17, 15) is 14.4 Å². The summed E-state index contributed by atoms with van der Waals surface area (Å²) in [5.74, 6) is -0.221. The average molecular weight is 444 g/mol. The molecule has 4 rings (SSSR count). The lowest BCUT2D eigenvalue weighted by Gasteiger charge is -2.27. The number of ether oxygens (including phenoxy) is 1. The Bertz CT molecular complexity index is 1160. The number of hydrogen-bond acceptors (Lipinski definition) is 4. The molecule has 3 amide bonds. The molecular weight excluding hydrogens is 418 g/mol. The summed E-state index contributed by atoms with van der Waals surface area (Å²) in [7, 11) is 0. The van der Waals surface area contributed by atoms with E-state index >= 15 is 0 Å². The van der Waals surface area contributed by atoms with E-state index in [1.165, 1.54) is 0 Å². The van der Waals surface area contributed by atoms with Gasteiger partial charge in [-0.15, -0.1) is 0 Å². The number of nitrogens with one attached hydrogen (secondary N) is 2. The summed E-state index contributed by atoms with van der Waals surface area (Å²) < 4.78 is 5.73. The topological polar surface area (TPSA) is 87.7 Å². The third-order valence-corrected chi connectivity index (χ3v) is 5.38. The van der Waals surface area contributed by atoms with Gasteiger partial charge >= 0.3 is 0 Å². The fourth-order valence-electron chi connectivity index (χ4n) is 3.79. The number of para-hydroxylation sites is 2. The Balaban J connectivity index is 1.41. The predicted molar refractivity (Wildman–Crippen MR) is 126 cm³/mol. The number of anilines is 2. The molecule has 7 nitrogen and oxygen atoms in total. The first-order chi connectivity index (χ1) is 16.0. The molecule has 1 aliphatic heterocycles. The summed E-state index contributed by atoms with van der Waals surface area (Å²) in [5, 5.41) is 5.72.